The van der Waals surface area contributed by atoms with Gasteiger partial charge in [-0.05, 0) is 40.8 Å². The van der Waals surface area contributed by atoms with Crippen LogP contribution in [0.3, 0.4) is 0 Å². The number of fused-ring (bicyclic) bond motifs is 2. The third-order valence-corrected chi connectivity index (χ3v) is 8.12. The normalized spacial score (nSPS) is 15.1. The molecule has 1 fully saturated rings. The maximum atomic E-state index is 5.12. The topological polar surface area (TPSA) is 45.2 Å². The first-order valence-electron chi connectivity index (χ1n) is 12.6. The molecular formula is C30H31N5S. The quantitative estimate of drug-likeness (QED) is 0.285. The van der Waals surface area contributed by atoms with Crippen molar-refractivity contribution >= 4 is 38.3 Å². The zero-order valence-electron chi connectivity index (χ0n) is 21.1. The Labute approximate surface area is 216 Å². The van der Waals surface area contributed by atoms with Crippen LogP contribution in [0.2, 0.25) is 0 Å². The van der Waals surface area contributed by atoms with Gasteiger partial charge < -0.3 is 4.90 Å². The fourth-order valence-electron chi connectivity index (χ4n) is 4.94. The maximum absolute atomic E-state index is 5.12. The molecule has 3 heterocycles. The molecule has 0 unspecified atom stereocenters. The van der Waals surface area contributed by atoms with Crippen LogP contribution in [-0.2, 0) is 12.0 Å². The number of nitrogens with zero attached hydrogens (tertiary/aromatic N) is 5. The number of rotatable bonds is 4. The van der Waals surface area contributed by atoms with Crippen LogP contribution in [0.15, 0.2) is 73.1 Å². The molecule has 0 radical (unpaired) electrons. The van der Waals surface area contributed by atoms with Crippen molar-refractivity contribution in [2.45, 2.75) is 32.7 Å². The molecule has 0 spiro atoms. The second-order valence-corrected chi connectivity index (χ2v) is 11.6. The Hall–Kier alpha value is -3.35. The van der Waals surface area contributed by atoms with Crippen LogP contribution in [0.5, 0.6) is 0 Å². The van der Waals surface area contributed by atoms with Gasteiger partial charge in [-0.15, -0.1) is 11.3 Å². The average molecular weight is 494 g/mol. The van der Waals surface area contributed by atoms with Gasteiger partial charge in [-0.2, -0.15) is 0 Å². The van der Waals surface area contributed by atoms with Crippen molar-refractivity contribution in [3.05, 3.63) is 84.2 Å². The van der Waals surface area contributed by atoms with Gasteiger partial charge in [0.05, 0.1) is 21.4 Å². The summed E-state index contributed by atoms with van der Waals surface area (Å²) in [5, 5.41) is 1.09. The van der Waals surface area contributed by atoms with E-state index in [2.05, 4.69) is 101 Å². The van der Waals surface area contributed by atoms with E-state index in [1.165, 1.54) is 27.1 Å². The molecule has 0 amide bonds. The predicted octanol–water partition coefficient (Wildman–Crippen LogP) is 6.53. The molecular weight excluding hydrogens is 462 g/mol. The lowest BCUT2D eigenvalue weighted by molar-refractivity contribution is 0.250. The molecule has 0 saturated carbocycles. The first-order chi connectivity index (χ1) is 17.4. The van der Waals surface area contributed by atoms with Gasteiger partial charge in [0.25, 0.3) is 0 Å². The maximum Gasteiger partial charge on any atom is 0.124 e. The molecule has 182 valence electrons. The van der Waals surface area contributed by atoms with Crippen LogP contribution in [-0.4, -0.2) is 46.0 Å². The third kappa shape index (κ3) is 4.59. The number of anilines is 1. The van der Waals surface area contributed by atoms with Crippen molar-refractivity contribution in [2.75, 3.05) is 31.1 Å². The van der Waals surface area contributed by atoms with E-state index in [9.17, 15) is 0 Å². The summed E-state index contributed by atoms with van der Waals surface area (Å²) in [5.74, 6) is 0. The van der Waals surface area contributed by atoms with Crippen LogP contribution in [0, 0.1) is 0 Å². The Kier molecular flexibility index (Phi) is 5.94. The zero-order chi connectivity index (χ0) is 24.7. The summed E-state index contributed by atoms with van der Waals surface area (Å²) >= 11 is 1.79. The number of piperazine rings is 1. The highest BCUT2D eigenvalue weighted by Crippen LogP contribution is 2.36. The van der Waals surface area contributed by atoms with Gasteiger partial charge >= 0.3 is 0 Å². The summed E-state index contributed by atoms with van der Waals surface area (Å²) in [7, 11) is 0. The lowest BCUT2D eigenvalue weighted by Gasteiger charge is -2.36. The SMILES string of the molecule is CC(C)(C)c1ccc(-c2nc3c(N4CCN(Cc5ccc6nccnc6c5)CC4)cccc3s2)cc1. The summed E-state index contributed by atoms with van der Waals surface area (Å²) in [6, 6.07) is 21.9. The Balaban J connectivity index is 1.17. The highest BCUT2D eigenvalue weighted by Gasteiger charge is 2.21. The molecule has 5 nitrogen and oxygen atoms in total. The smallest absolute Gasteiger partial charge is 0.124 e. The lowest BCUT2D eigenvalue weighted by atomic mass is 9.87. The monoisotopic (exact) mass is 493 g/mol. The van der Waals surface area contributed by atoms with Crippen molar-refractivity contribution in [3.63, 3.8) is 0 Å². The van der Waals surface area contributed by atoms with Crippen molar-refractivity contribution in [1.29, 1.82) is 0 Å². The van der Waals surface area contributed by atoms with Gasteiger partial charge in [0, 0.05) is 50.7 Å². The first-order valence-corrected chi connectivity index (χ1v) is 13.4. The second-order valence-electron chi connectivity index (χ2n) is 10.6. The van der Waals surface area contributed by atoms with Crippen LogP contribution < -0.4 is 4.90 Å². The van der Waals surface area contributed by atoms with Crippen LogP contribution in [0.25, 0.3) is 31.8 Å². The van der Waals surface area contributed by atoms with E-state index in [4.69, 9.17) is 4.98 Å². The molecule has 6 rings (SSSR count). The van der Waals surface area contributed by atoms with Crippen LogP contribution in [0.1, 0.15) is 31.9 Å². The molecule has 1 aliphatic heterocycles. The van der Waals surface area contributed by atoms with Crippen molar-refractivity contribution in [2.24, 2.45) is 0 Å². The van der Waals surface area contributed by atoms with E-state index in [1.54, 1.807) is 23.7 Å². The Morgan fingerprint density at radius 3 is 2.33 bits per heavy atom. The number of benzene rings is 3. The molecule has 5 aromatic rings. The van der Waals surface area contributed by atoms with Gasteiger partial charge in [-0.3, -0.25) is 14.9 Å². The van der Waals surface area contributed by atoms with Crippen LogP contribution >= 0.6 is 11.3 Å². The van der Waals surface area contributed by atoms with Crippen molar-refractivity contribution in [1.82, 2.24) is 19.9 Å². The minimum atomic E-state index is 0.157. The molecule has 0 atom stereocenters. The standard InChI is InChI=1S/C30H31N5S/c1-30(2,3)23-10-8-22(9-11-23)29-33-28-26(5-4-6-27(28)36-29)35-17-15-34(16-18-35)20-21-7-12-24-25(19-21)32-14-13-31-24/h4-14,19H,15-18,20H2,1-3H3. The second kappa shape index (κ2) is 9.26. The highest BCUT2D eigenvalue weighted by molar-refractivity contribution is 7.21. The predicted molar refractivity (Wildman–Crippen MR) is 151 cm³/mol. The number of aromatic nitrogens is 3. The fraction of sp³-hybridized carbons (Fsp3) is 0.300. The van der Waals surface area contributed by atoms with E-state index < -0.39 is 0 Å². The third-order valence-electron chi connectivity index (χ3n) is 7.05. The average Bonchev–Trinajstić information content (AvgIpc) is 3.33. The number of hydrogen-bond donors (Lipinski definition) is 0. The summed E-state index contributed by atoms with van der Waals surface area (Å²) in [5.41, 5.74) is 8.28. The molecule has 1 aliphatic rings. The molecule has 36 heavy (non-hydrogen) atoms. The molecule has 0 bridgehead atoms. The molecule has 3 aromatic carbocycles. The summed E-state index contributed by atoms with van der Waals surface area (Å²) < 4.78 is 1.25. The Morgan fingerprint density at radius 1 is 0.833 bits per heavy atom. The first kappa shape index (κ1) is 23.1. The summed E-state index contributed by atoms with van der Waals surface area (Å²) in [4.78, 5) is 19.0. The van der Waals surface area contributed by atoms with E-state index in [-0.39, 0.29) is 5.41 Å². The Morgan fingerprint density at radius 2 is 1.58 bits per heavy atom. The fourth-order valence-corrected chi connectivity index (χ4v) is 5.93. The minimum absolute atomic E-state index is 0.157. The van der Waals surface area contributed by atoms with E-state index in [0.29, 0.717) is 0 Å². The highest BCUT2D eigenvalue weighted by atomic mass is 32.1. The van der Waals surface area contributed by atoms with E-state index in [0.717, 1.165) is 54.3 Å². The van der Waals surface area contributed by atoms with Crippen molar-refractivity contribution < 1.29 is 0 Å². The number of para-hydroxylation sites is 1. The molecule has 1 saturated heterocycles. The molecule has 2 aromatic heterocycles. The molecule has 0 aliphatic carbocycles. The van der Waals surface area contributed by atoms with Gasteiger partial charge in [0.15, 0.2) is 0 Å². The van der Waals surface area contributed by atoms with Gasteiger partial charge in [0.2, 0.25) is 0 Å². The molecule has 6 heteroatoms. The van der Waals surface area contributed by atoms with E-state index >= 15 is 0 Å². The number of hydrogen-bond acceptors (Lipinski definition) is 6. The largest absolute Gasteiger partial charge is 0.367 e. The summed E-state index contributed by atoms with van der Waals surface area (Å²) in [6.45, 7) is 11.8. The van der Waals surface area contributed by atoms with Crippen LogP contribution in [0.4, 0.5) is 5.69 Å². The minimum Gasteiger partial charge on any atom is -0.367 e. The number of thiazole rings is 1. The lowest BCUT2D eigenvalue weighted by Crippen LogP contribution is -2.46. The van der Waals surface area contributed by atoms with Gasteiger partial charge in [-0.25, -0.2) is 4.98 Å². The van der Waals surface area contributed by atoms with Crippen molar-refractivity contribution in [3.8, 4) is 10.6 Å². The van der Waals surface area contributed by atoms with E-state index in [1.807, 2.05) is 0 Å². The Bertz CT molecular complexity index is 1510. The summed E-state index contributed by atoms with van der Waals surface area (Å²) in [6.07, 6.45) is 3.51. The zero-order valence-corrected chi connectivity index (χ0v) is 21.9. The van der Waals surface area contributed by atoms with Gasteiger partial charge in [0.1, 0.15) is 10.5 Å². The van der Waals surface area contributed by atoms with Gasteiger partial charge in [-0.1, -0.05) is 57.2 Å². The molecule has 0 N–H and O–H groups in total.